The molecule has 0 unspecified atom stereocenters. The summed E-state index contributed by atoms with van der Waals surface area (Å²) < 4.78 is 0. The van der Waals surface area contributed by atoms with Crippen LogP contribution in [0.5, 0.6) is 0 Å². The van der Waals surface area contributed by atoms with Crippen molar-refractivity contribution in [1.29, 1.82) is 0 Å². The van der Waals surface area contributed by atoms with Crippen molar-refractivity contribution in [1.82, 2.24) is 0 Å². The average molecular weight is 150 g/mol. The molecule has 60 valence electrons. The molecule has 2 heteroatoms. The fraction of sp³-hybridized carbons (Fsp3) is 0.111. The topological polar surface area (TPSA) is 52.0 Å². The van der Waals surface area contributed by atoms with E-state index in [0.717, 1.165) is 5.57 Å². The van der Waals surface area contributed by atoms with Crippen LogP contribution in [0.15, 0.2) is 48.4 Å². The zero-order valence-electron chi connectivity index (χ0n) is 6.70. The highest BCUT2D eigenvalue weighted by atomic mass is 14.5. The first-order valence-electron chi connectivity index (χ1n) is 3.41. The molecule has 0 aliphatic rings. The van der Waals surface area contributed by atoms with Crippen LogP contribution < -0.4 is 11.5 Å². The molecule has 0 atom stereocenters. The van der Waals surface area contributed by atoms with Gasteiger partial charge in [-0.2, -0.15) is 0 Å². The summed E-state index contributed by atoms with van der Waals surface area (Å²) in [7, 11) is 0. The van der Waals surface area contributed by atoms with Crippen molar-refractivity contribution in [3.05, 3.63) is 48.4 Å². The van der Waals surface area contributed by atoms with Gasteiger partial charge in [0.15, 0.2) is 0 Å². The van der Waals surface area contributed by atoms with Crippen LogP contribution in [0.3, 0.4) is 0 Å². The summed E-state index contributed by atoms with van der Waals surface area (Å²) in [4.78, 5) is 0. The highest BCUT2D eigenvalue weighted by Gasteiger charge is 1.74. The molecule has 0 aliphatic carbocycles. The first-order valence-corrected chi connectivity index (χ1v) is 3.41. The number of allylic oxidation sites excluding steroid dienone is 6. The minimum Gasteiger partial charge on any atom is -0.405 e. The van der Waals surface area contributed by atoms with Gasteiger partial charge in [0.25, 0.3) is 0 Å². The maximum Gasteiger partial charge on any atom is -0.00623 e. The van der Waals surface area contributed by atoms with E-state index in [1.54, 1.807) is 12.2 Å². The van der Waals surface area contributed by atoms with Gasteiger partial charge in [-0.15, -0.1) is 0 Å². The van der Waals surface area contributed by atoms with Crippen LogP contribution in [0.25, 0.3) is 0 Å². The second-order valence-electron chi connectivity index (χ2n) is 2.04. The normalized spacial score (nSPS) is 14.1. The smallest absolute Gasteiger partial charge is 0.00623 e. The third-order valence-electron chi connectivity index (χ3n) is 1.05. The minimum atomic E-state index is 1.13. The molecular formula is C9H14N2. The molecule has 0 rings (SSSR count). The van der Waals surface area contributed by atoms with Crippen LogP contribution in [-0.2, 0) is 0 Å². The Hall–Kier alpha value is -1.44. The summed E-state index contributed by atoms with van der Waals surface area (Å²) in [6, 6.07) is 0. The third kappa shape index (κ3) is 6.45. The van der Waals surface area contributed by atoms with Crippen molar-refractivity contribution < 1.29 is 0 Å². The second kappa shape index (κ2) is 6.68. The highest BCUT2D eigenvalue weighted by molar-refractivity contribution is 5.23. The minimum absolute atomic E-state index is 1.13. The maximum atomic E-state index is 5.15. The van der Waals surface area contributed by atoms with E-state index in [1.807, 2.05) is 25.2 Å². The van der Waals surface area contributed by atoms with Gasteiger partial charge in [-0.3, -0.25) is 0 Å². The molecule has 0 saturated heterocycles. The molecule has 0 spiro atoms. The lowest BCUT2D eigenvalue weighted by atomic mass is 10.2. The Morgan fingerprint density at radius 3 is 2.18 bits per heavy atom. The van der Waals surface area contributed by atoms with Crippen molar-refractivity contribution >= 4 is 0 Å². The van der Waals surface area contributed by atoms with E-state index >= 15 is 0 Å². The monoisotopic (exact) mass is 150 g/mol. The Labute approximate surface area is 67.6 Å². The van der Waals surface area contributed by atoms with Crippen LogP contribution in [0.1, 0.15) is 6.92 Å². The first-order chi connectivity index (χ1) is 5.31. The molecule has 0 amide bonds. The lowest BCUT2D eigenvalue weighted by molar-refractivity contribution is 1.50. The van der Waals surface area contributed by atoms with Gasteiger partial charge in [-0.05, 0) is 31.5 Å². The zero-order valence-corrected chi connectivity index (χ0v) is 6.70. The molecule has 0 aromatic rings. The van der Waals surface area contributed by atoms with E-state index in [9.17, 15) is 0 Å². The second-order valence-corrected chi connectivity index (χ2v) is 2.04. The molecule has 0 heterocycles. The Kier molecular flexibility index (Phi) is 5.80. The fourth-order valence-electron chi connectivity index (χ4n) is 0.534. The van der Waals surface area contributed by atoms with Gasteiger partial charge >= 0.3 is 0 Å². The SMILES string of the molecule is CC(C=C/C=C\N)=C/C=C\N. The molecule has 4 N–H and O–H groups in total. The molecule has 11 heavy (non-hydrogen) atoms. The Balaban J connectivity index is 3.94. The molecule has 0 aliphatic heterocycles. The predicted molar refractivity (Wildman–Crippen MR) is 49.6 cm³/mol. The molecule has 0 radical (unpaired) electrons. The molecule has 0 aromatic heterocycles. The van der Waals surface area contributed by atoms with Crippen LogP contribution in [0.4, 0.5) is 0 Å². The third-order valence-corrected chi connectivity index (χ3v) is 1.05. The van der Waals surface area contributed by atoms with Crippen LogP contribution in [-0.4, -0.2) is 0 Å². The van der Waals surface area contributed by atoms with Crippen LogP contribution >= 0.6 is 0 Å². The fourth-order valence-corrected chi connectivity index (χ4v) is 0.534. The van der Waals surface area contributed by atoms with E-state index in [0.29, 0.717) is 0 Å². The van der Waals surface area contributed by atoms with Gasteiger partial charge in [-0.25, -0.2) is 0 Å². The zero-order chi connectivity index (χ0) is 8.53. The van der Waals surface area contributed by atoms with Crippen molar-refractivity contribution in [3.63, 3.8) is 0 Å². The highest BCUT2D eigenvalue weighted by Crippen LogP contribution is 1.94. The summed E-state index contributed by atoms with van der Waals surface area (Å²) in [5, 5.41) is 0. The summed E-state index contributed by atoms with van der Waals surface area (Å²) >= 11 is 0. The van der Waals surface area contributed by atoms with Crippen molar-refractivity contribution in [3.8, 4) is 0 Å². The van der Waals surface area contributed by atoms with E-state index in [2.05, 4.69) is 0 Å². The number of rotatable bonds is 3. The summed E-state index contributed by atoms with van der Waals surface area (Å²) in [5.41, 5.74) is 11.4. The number of hydrogen-bond acceptors (Lipinski definition) is 2. The van der Waals surface area contributed by atoms with Crippen molar-refractivity contribution in [2.45, 2.75) is 6.92 Å². The largest absolute Gasteiger partial charge is 0.405 e. The van der Waals surface area contributed by atoms with E-state index in [4.69, 9.17) is 11.5 Å². The van der Waals surface area contributed by atoms with Crippen LogP contribution in [0, 0.1) is 0 Å². The summed E-state index contributed by atoms with van der Waals surface area (Å²) in [5.74, 6) is 0. The van der Waals surface area contributed by atoms with E-state index in [1.165, 1.54) is 12.4 Å². The molecule has 2 nitrogen and oxygen atoms in total. The Morgan fingerprint density at radius 1 is 1.00 bits per heavy atom. The van der Waals surface area contributed by atoms with Gasteiger partial charge in [0, 0.05) is 0 Å². The molecular weight excluding hydrogens is 136 g/mol. The predicted octanol–water partition coefficient (Wildman–Crippen LogP) is 1.43. The van der Waals surface area contributed by atoms with Crippen LogP contribution in [0.2, 0.25) is 0 Å². The lowest BCUT2D eigenvalue weighted by Crippen LogP contribution is -1.74. The van der Waals surface area contributed by atoms with Crippen molar-refractivity contribution in [2.24, 2.45) is 11.5 Å². The number of nitrogens with two attached hydrogens (primary N) is 2. The van der Waals surface area contributed by atoms with Gasteiger partial charge < -0.3 is 11.5 Å². The maximum absolute atomic E-state index is 5.15. The average Bonchev–Trinajstić information content (AvgIpc) is 2.01. The van der Waals surface area contributed by atoms with E-state index < -0.39 is 0 Å². The molecule has 0 aromatic carbocycles. The lowest BCUT2D eigenvalue weighted by Gasteiger charge is -1.84. The first kappa shape index (κ1) is 9.56. The van der Waals surface area contributed by atoms with Gasteiger partial charge in [0.2, 0.25) is 0 Å². The van der Waals surface area contributed by atoms with Crippen molar-refractivity contribution in [2.75, 3.05) is 0 Å². The number of hydrogen-bond donors (Lipinski definition) is 2. The summed E-state index contributed by atoms with van der Waals surface area (Å²) in [6.07, 6.45) is 12.3. The van der Waals surface area contributed by atoms with Gasteiger partial charge in [0.1, 0.15) is 0 Å². The Bertz CT molecular complexity index is 198. The van der Waals surface area contributed by atoms with E-state index in [-0.39, 0.29) is 0 Å². The summed E-state index contributed by atoms with van der Waals surface area (Å²) in [6.45, 7) is 1.99. The molecule has 0 fully saturated rings. The van der Waals surface area contributed by atoms with Gasteiger partial charge in [0.05, 0.1) is 0 Å². The quantitative estimate of drug-likeness (QED) is 0.598. The van der Waals surface area contributed by atoms with Gasteiger partial charge in [-0.1, -0.05) is 23.8 Å². The molecule has 0 bridgehead atoms. The standard InChI is InChI=1S/C9H14N2/c1-9(6-4-8-11)5-2-3-7-10/h2-8H,10-11H2,1H3/b5-2?,7-3-,8-4-,9-6?. The molecule has 0 saturated carbocycles. The Morgan fingerprint density at radius 2 is 1.64 bits per heavy atom.